The van der Waals surface area contributed by atoms with Gasteiger partial charge in [-0.1, -0.05) is 67.1 Å². The van der Waals surface area contributed by atoms with E-state index in [9.17, 15) is 13.2 Å². The monoisotopic (exact) mass is 434 g/mol. The van der Waals surface area contributed by atoms with Gasteiger partial charge >= 0.3 is 0 Å². The predicted molar refractivity (Wildman–Crippen MR) is 126 cm³/mol. The van der Waals surface area contributed by atoms with Crippen LogP contribution in [0, 0.1) is 30.3 Å². The van der Waals surface area contributed by atoms with Crippen LogP contribution in [0.4, 0.5) is 13.2 Å². The van der Waals surface area contributed by atoms with E-state index in [0.717, 1.165) is 48.8 Å². The Morgan fingerprint density at radius 1 is 0.875 bits per heavy atom. The Labute approximate surface area is 188 Å². The van der Waals surface area contributed by atoms with Gasteiger partial charge in [-0.2, -0.15) is 0 Å². The Morgan fingerprint density at radius 2 is 1.62 bits per heavy atom. The quantitative estimate of drug-likeness (QED) is 0.365. The number of rotatable bonds is 6. The molecule has 1 aliphatic carbocycles. The summed E-state index contributed by atoms with van der Waals surface area (Å²) in [5.41, 5.74) is 5.24. The molecule has 0 saturated carbocycles. The molecule has 1 atom stereocenters. The molecule has 1 unspecified atom stereocenters. The van der Waals surface area contributed by atoms with Crippen LogP contribution in [0.1, 0.15) is 54.9 Å². The van der Waals surface area contributed by atoms with Crippen LogP contribution in [0.15, 0.2) is 60.7 Å². The molecule has 0 heterocycles. The molecule has 3 heteroatoms. The van der Waals surface area contributed by atoms with Gasteiger partial charge < -0.3 is 0 Å². The standard InChI is InChI=1S/C29H29F3/c1-3-20-9-16-25(27(30)18-20)22-12-6-21(7-13-22)8-14-24-15-17-26(29(32)28(24)31)23-10-4-19(2)5-11-23/h4-5,9-12,15-18,21H,3,6-8,13-14H2,1-2H3. The lowest BCUT2D eigenvalue weighted by atomic mass is 9.83. The fourth-order valence-electron chi connectivity index (χ4n) is 4.53. The Bertz CT molecular complexity index is 1130. The van der Waals surface area contributed by atoms with Crippen LogP contribution < -0.4 is 0 Å². The Morgan fingerprint density at radius 3 is 2.28 bits per heavy atom. The molecule has 3 aromatic rings. The molecule has 32 heavy (non-hydrogen) atoms. The first-order valence-corrected chi connectivity index (χ1v) is 11.5. The summed E-state index contributed by atoms with van der Waals surface area (Å²) in [6, 6.07) is 16.3. The van der Waals surface area contributed by atoms with Crippen LogP contribution >= 0.6 is 0 Å². The minimum absolute atomic E-state index is 0.153. The van der Waals surface area contributed by atoms with Crippen molar-refractivity contribution < 1.29 is 13.2 Å². The van der Waals surface area contributed by atoms with Crippen molar-refractivity contribution in [2.45, 2.75) is 52.4 Å². The van der Waals surface area contributed by atoms with Crippen molar-refractivity contribution in [2.75, 3.05) is 0 Å². The van der Waals surface area contributed by atoms with Gasteiger partial charge in [0.15, 0.2) is 11.6 Å². The van der Waals surface area contributed by atoms with E-state index in [4.69, 9.17) is 0 Å². The second-order valence-corrected chi connectivity index (χ2v) is 8.84. The average molecular weight is 435 g/mol. The van der Waals surface area contributed by atoms with E-state index in [2.05, 4.69) is 6.08 Å². The van der Waals surface area contributed by atoms with Gasteiger partial charge in [-0.25, -0.2) is 13.2 Å². The first-order chi connectivity index (χ1) is 15.5. The summed E-state index contributed by atoms with van der Waals surface area (Å²) >= 11 is 0. The minimum Gasteiger partial charge on any atom is -0.206 e. The predicted octanol–water partition coefficient (Wildman–Crippen LogP) is 8.46. The second kappa shape index (κ2) is 9.77. The molecule has 0 N–H and O–H groups in total. The maximum absolute atomic E-state index is 14.7. The molecule has 4 rings (SSSR count). The molecule has 166 valence electrons. The van der Waals surface area contributed by atoms with E-state index in [0.29, 0.717) is 34.6 Å². The molecule has 1 aliphatic rings. The van der Waals surface area contributed by atoms with Crippen LogP contribution in [0.25, 0.3) is 16.7 Å². The summed E-state index contributed by atoms with van der Waals surface area (Å²) in [5.74, 6) is -1.27. The van der Waals surface area contributed by atoms with Crippen molar-refractivity contribution in [2.24, 2.45) is 5.92 Å². The van der Waals surface area contributed by atoms with Crippen molar-refractivity contribution in [3.8, 4) is 11.1 Å². The van der Waals surface area contributed by atoms with Crippen LogP contribution in [0.3, 0.4) is 0 Å². The van der Waals surface area contributed by atoms with E-state index in [-0.39, 0.29) is 5.82 Å². The zero-order valence-electron chi connectivity index (χ0n) is 18.7. The molecular formula is C29H29F3. The summed E-state index contributed by atoms with van der Waals surface area (Å²) in [7, 11) is 0. The molecule has 0 radical (unpaired) electrons. The van der Waals surface area contributed by atoms with Gasteiger partial charge in [0.25, 0.3) is 0 Å². The molecule has 3 aromatic carbocycles. The van der Waals surface area contributed by atoms with Gasteiger partial charge in [-0.05, 0) is 79.7 Å². The normalized spacial score (nSPS) is 16.2. The van der Waals surface area contributed by atoms with E-state index >= 15 is 0 Å². The summed E-state index contributed by atoms with van der Waals surface area (Å²) < 4.78 is 43.9. The average Bonchev–Trinajstić information content (AvgIpc) is 2.81. The summed E-state index contributed by atoms with van der Waals surface area (Å²) in [6.07, 6.45) is 6.83. The number of benzene rings is 3. The smallest absolute Gasteiger partial charge is 0.166 e. The van der Waals surface area contributed by atoms with Gasteiger partial charge in [-0.15, -0.1) is 0 Å². The molecule has 0 spiro atoms. The molecule has 0 aromatic heterocycles. The number of aryl methyl sites for hydroxylation is 3. The summed E-state index contributed by atoms with van der Waals surface area (Å²) in [4.78, 5) is 0. The molecule has 0 aliphatic heterocycles. The van der Waals surface area contributed by atoms with Crippen molar-refractivity contribution in [1.82, 2.24) is 0 Å². The molecule has 0 fully saturated rings. The van der Waals surface area contributed by atoms with Crippen molar-refractivity contribution in [1.29, 1.82) is 0 Å². The second-order valence-electron chi connectivity index (χ2n) is 8.84. The van der Waals surface area contributed by atoms with Crippen molar-refractivity contribution >= 4 is 5.57 Å². The summed E-state index contributed by atoms with van der Waals surface area (Å²) in [5, 5.41) is 0. The largest absolute Gasteiger partial charge is 0.206 e. The number of hydrogen-bond donors (Lipinski definition) is 0. The zero-order valence-corrected chi connectivity index (χ0v) is 18.7. The van der Waals surface area contributed by atoms with Gasteiger partial charge in [0.2, 0.25) is 0 Å². The van der Waals surface area contributed by atoms with Crippen LogP contribution in [-0.4, -0.2) is 0 Å². The number of allylic oxidation sites excluding steroid dienone is 2. The highest BCUT2D eigenvalue weighted by atomic mass is 19.2. The van der Waals surface area contributed by atoms with E-state index in [1.165, 1.54) is 0 Å². The van der Waals surface area contributed by atoms with Gasteiger partial charge in [-0.3, -0.25) is 0 Å². The first kappa shape index (κ1) is 22.4. The van der Waals surface area contributed by atoms with Gasteiger partial charge in [0, 0.05) is 11.1 Å². The van der Waals surface area contributed by atoms with Crippen molar-refractivity contribution in [3.05, 3.63) is 100 Å². The molecule has 0 amide bonds. The van der Waals surface area contributed by atoms with Gasteiger partial charge in [0.1, 0.15) is 5.82 Å². The Balaban J connectivity index is 1.40. The Kier molecular flexibility index (Phi) is 6.83. The maximum Gasteiger partial charge on any atom is 0.166 e. The highest BCUT2D eigenvalue weighted by Crippen LogP contribution is 2.34. The SMILES string of the molecule is CCc1ccc(C2=CCC(CCc3ccc(-c4ccc(C)cc4)c(F)c3F)CC2)c(F)c1. The summed E-state index contributed by atoms with van der Waals surface area (Å²) in [6.45, 7) is 3.98. The third-order valence-electron chi connectivity index (χ3n) is 6.65. The lowest BCUT2D eigenvalue weighted by Crippen LogP contribution is -2.08. The van der Waals surface area contributed by atoms with E-state index in [1.807, 2.05) is 50.2 Å². The van der Waals surface area contributed by atoms with E-state index in [1.54, 1.807) is 18.2 Å². The van der Waals surface area contributed by atoms with Crippen LogP contribution in [0.2, 0.25) is 0 Å². The van der Waals surface area contributed by atoms with Crippen LogP contribution in [0.5, 0.6) is 0 Å². The molecular weight excluding hydrogens is 405 g/mol. The third-order valence-corrected chi connectivity index (χ3v) is 6.65. The fourth-order valence-corrected chi connectivity index (χ4v) is 4.53. The highest BCUT2D eigenvalue weighted by molar-refractivity contribution is 5.67. The Hall–Kier alpha value is -2.81. The maximum atomic E-state index is 14.7. The zero-order chi connectivity index (χ0) is 22.7. The lowest BCUT2D eigenvalue weighted by Gasteiger charge is -2.23. The van der Waals surface area contributed by atoms with Crippen molar-refractivity contribution in [3.63, 3.8) is 0 Å². The number of hydrogen-bond acceptors (Lipinski definition) is 0. The molecule has 0 saturated heterocycles. The van der Waals surface area contributed by atoms with E-state index < -0.39 is 11.6 Å². The highest BCUT2D eigenvalue weighted by Gasteiger charge is 2.20. The lowest BCUT2D eigenvalue weighted by molar-refractivity contribution is 0.439. The molecule has 0 bridgehead atoms. The van der Waals surface area contributed by atoms with Gasteiger partial charge in [0.05, 0.1) is 0 Å². The molecule has 0 nitrogen and oxygen atoms in total. The topological polar surface area (TPSA) is 0 Å². The third kappa shape index (κ3) is 4.82. The van der Waals surface area contributed by atoms with Crippen LogP contribution in [-0.2, 0) is 12.8 Å². The number of halogens is 3. The first-order valence-electron chi connectivity index (χ1n) is 11.5. The minimum atomic E-state index is -0.775. The fraction of sp³-hybridized carbons (Fsp3) is 0.310.